The fraction of sp³-hybridized carbons (Fsp3) is 0.412. The van der Waals surface area contributed by atoms with E-state index in [1.54, 1.807) is 31.4 Å². The van der Waals surface area contributed by atoms with Crippen molar-refractivity contribution in [1.29, 1.82) is 0 Å². The van der Waals surface area contributed by atoms with Gasteiger partial charge in [-0.3, -0.25) is 9.59 Å². The van der Waals surface area contributed by atoms with Crippen LogP contribution in [-0.2, 0) is 9.59 Å². The lowest BCUT2D eigenvalue weighted by Gasteiger charge is -2.26. The third-order valence-electron chi connectivity index (χ3n) is 3.40. The van der Waals surface area contributed by atoms with Crippen molar-refractivity contribution in [2.24, 2.45) is 5.92 Å². The Hall–Kier alpha value is -2.50. The van der Waals surface area contributed by atoms with E-state index < -0.39 is 5.97 Å². The van der Waals surface area contributed by atoms with Gasteiger partial charge in [0.2, 0.25) is 0 Å². The first-order valence-electron chi connectivity index (χ1n) is 7.43. The highest BCUT2D eigenvalue weighted by molar-refractivity contribution is 6.00. The number of methoxy groups -OCH3 is 1. The van der Waals surface area contributed by atoms with E-state index in [0.717, 1.165) is 5.56 Å². The van der Waals surface area contributed by atoms with Crippen LogP contribution in [0.4, 0.5) is 0 Å². The van der Waals surface area contributed by atoms with Crippen molar-refractivity contribution < 1.29 is 24.2 Å². The molecule has 0 radical (unpaired) electrons. The second kappa shape index (κ2) is 7.17. The number of hydrogen-bond acceptors (Lipinski definition) is 4. The standard InChI is InChI=1S/C17H21NO5/c1-11(2)8-18(9-16(19)20)17(21)13-6-12-7-14(22-3)4-5-15(12)23-10-13/h4-7,11H,8-10H2,1-3H3,(H,19,20). The second-order valence-corrected chi connectivity index (χ2v) is 5.84. The average Bonchev–Trinajstić information content (AvgIpc) is 2.51. The van der Waals surface area contributed by atoms with Gasteiger partial charge in [0.05, 0.1) is 12.7 Å². The number of nitrogens with zero attached hydrogens (tertiary/aromatic N) is 1. The van der Waals surface area contributed by atoms with Crippen LogP contribution >= 0.6 is 0 Å². The van der Waals surface area contributed by atoms with Gasteiger partial charge in [-0.25, -0.2) is 0 Å². The van der Waals surface area contributed by atoms with Gasteiger partial charge in [0.1, 0.15) is 24.7 Å². The largest absolute Gasteiger partial charge is 0.497 e. The minimum atomic E-state index is -1.03. The Bertz CT molecular complexity index is 636. The molecule has 2 rings (SSSR count). The van der Waals surface area contributed by atoms with Gasteiger partial charge in [0, 0.05) is 12.1 Å². The quantitative estimate of drug-likeness (QED) is 0.868. The summed E-state index contributed by atoms with van der Waals surface area (Å²) in [4.78, 5) is 25.0. The zero-order chi connectivity index (χ0) is 17.0. The van der Waals surface area contributed by atoms with Crippen LogP contribution in [0, 0.1) is 5.92 Å². The molecule has 1 aliphatic heterocycles. The van der Waals surface area contributed by atoms with Crippen LogP contribution in [0.2, 0.25) is 0 Å². The van der Waals surface area contributed by atoms with Crippen LogP contribution in [0.1, 0.15) is 19.4 Å². The van der Waals surface area contributed by atoms with Crippen LogP contribution in [0.3, 0.4) is 0 Å². The normalized spacial score (nSPS) is 13.0. The van der Waals surface area contributed by atoms with E-state index in [2.05, 4.69) is 0 Å². The molecule has 1 aromatic rings. The number of aliphatic carboxylic acids is 1. The van der Waals surface area contributed by atoms with Crippen molar-refractivity contribution in [3.63, 3.8) is 0 Å². The van der Waals surface area contributed by atoms with Gasteiger partial charge < -0.3 is 19.5 Å². The molecule has 1 N–H and O–H groups in total. The van der Waals surface area contributed by atoms with Crippen LogP contribution < -0.4 is 9.47 Å². The molecule has 1 aromatic carbocycles. The molecule has 0 aliphatic carbocycles. The molecular weight excluding hydrogens is 298 g/mol. The molecule has 0 aromatic heterocycles. The smallest absolute Gasteiger partial charge is 0.323 e. The van der Waals surface area contributed by atoms with Gasteiger partial charge in [0.15, 0.2) is 0 Å². The number of carbonyl (C=O) groups is 2. The van der Waals surface area contributed by atoms with Crippen molar-refractivity contribution in [1.82, 2.24) is 4.90 Å². The van der Waals surface area contributed by atoms with Gasteiger partial charge in [-0.05, 0) is 30.2 Å². The first-order chi connectivity index (χ1) is 10.9. The minimum absolute atomic E-state index is 0.131. The Balaban J connectivity index is 2.26. The summed E-state index contributed by atoms with van der Waals surface area (Å²) in [5, 5.41) is 9.01. The third kappa shape index (κ3) is 4.25. The number of rotatable bonds is 6. The van der Waals surface area contributed by atoms with E-state index in [0.29, 0.717) is 23.6 Å². The number of carboxylic acid groups (broad SMARTS) is 1. The van der Waals surface area contributed by atoms with Crippen LogP contribution in [0.25, 0.3) is 6.08 Å². The molecule has 0 bridgehead atoms. The number of hydrogen-bond donors (Lipinski definition) is 1. The molecule has 6 heteroatoms. The molecule has 1 amide bonds. The van der Waals surface area contributed by atoms with Gasteiger partial charge in [-0.2, -0.15) is 0 Å². The molecule has 23 heavy (non-hydrogen) atoms. The highest BCUT2D eigenvalue weighted by atomic mass is 16.5. The molecule has 0 spiro atoms. The average molecular weight is 319 g/mol. The summed E-state index contributed by atoms with van der Waals surface area (Å²) < 4.78 is 10.8. The molecule has 0 unspecified atom stereocenters. The zero-order valence-corrected chi connectivity index (χ0v) is 13.5. The van der Waals surface area contributed by atoms with Crippen LogP contribution in [0.15, 0.2) is 23.8 Å². The molecule has 6 nitrogen and oxygen atoms in total. The maximum atomic E-state index is 12.6. The van der Waals surface area contributed by atoms with Gasteiger partial charge in [-0.15, -0.1) is 0 Å². The Morgan fingerprint density at radius 3 is 2.74 bits per heavy atom. The highest BCUT2D eigenvalue weighted by Crippen LogP contribution is 2.30. The van der Waals surface area contributed by atoms with Crippen LogP contribution in [-0.4, -0.2) is 48.7 Å². The van der Waals surface area contributed by atoms with Gasteiger partial charge in [-0.1, -0.05) is 13.8 Å². The predicted octanol–water partition coefficient (Wildman–Crippen LogP) is 2.04. The van der Waals surface area contributed by atoms with E-state index in [1.807, 2.05) is 13.8 Å². The molecular formula is C17H21NO5. The number of ether oxygens (including phenoxy) is 2. The number of carboxylic acids is 1. The maximum absolute atomic E-state index is 12.6. The fourth-order valence-electron chi connectivity index (χ4n) is 2.43. The fourth-order valence-corrected chi connectivity index (χ4v) is 2.43. The lowest BCUT2D eigenvalue weighted by Crippen LogP contribution is -2.40. The molecule has 1 aliphatic rings. The molecule has 0 saturated carbocycles. The third-order valence-corrected chi connectivity index (χ3v) is 3.40. The second-order valence-electron chi connectivity index (χ2n) is 5.84. The van der Waals surface area contributed by atoms with Crippen molar-refractivity contribution in [2.45, 2.75) is 13.8 Å². The van der Waals surface area contributed by atoms with E-state index in [4.69, 9.17) is 14.6 Å². The van der Waals surface area contributed by atoms with Crippen LogP contribution in [0.5, 0.6) is 11.5 Å². The zero-order valence-electron chi connectivity index (χ0n) is 13.5. The Labute approximate surface area is 135 Å². The van der Waals surface area contributed by atoms with Gasteiger partial charge >= 0.3 is 5.97 Å². The SMILES string of the molecule is COc1ccc2c(c1)C=C(C(=O)N(CC(=O)O)CC(C)C)CO2. The topological polar surface area (TPSA) is 76.1 Å². The van der Waals surface area contributed by atoms with Crippen molar-refractivity contribution in [2.75, 3.05) is 26.8 Å². The highest BCUT2D eigenvalue weighted by Gasteiger charge is 2.24. The lowest BCUT2D eigenvalue weighted by atomic mass is 10.1. The molecule has 1 heterocycles. The van der Waals surface area contributed by atoms with Crippen molar-refractivity contribution >= 4 is 18.0 Å². The summed E-state index contributed by atoms with van der Waals surface area (Å²) in [6.45, 7) is 4.07. The van der Waals surface area contributed by atoms with E-state index >= 15 is 0 Å². The maximum Gasteiger partial charge on any atom is 0.323 e. The summed E-state index contributed by atoms with van der Waals surface area (Å²) in [5.74, 6) is 0.182. The molecule has 0 atom stereocenters. The summed E-state index contributed by atoms with van der Waals surface area (Å²) >= 11 is 0. The summed E-state index contributed by atoms with van der Waals surface area (Å²) in [6.07, 6.45) is 1.73. The predicted molar refractivity (Wildman–Crippen MR) is 85.5 cm³/mol. The van der Waals surface area contributed by atoms with Crippen molar-refractivity contribution in [3.8, 4) is 11.5 Å². The monoisotopic (exact) mass is 319 g/mol. The van der Waals surface area contributed by atoms with Crippen molar-refractivity contribution in [3.05, 3.63) is 29.3 Å². The summed E-state index contributed by atoms with van der Waals surface area (Å²) in [5.41, 5.74) is 1.19. The first kappa shape index (κ1) is 16.9. The first-order valence-corrected chi connectivity index (χ1v) is 7.43. The Morgan fingerprint density at radius 2 is 2.13 bits per heavy atom. The summed E-state index contributed by atoms with van der Waals surface area (Å²) in [7, 11) is 1.57. The number of fused-ring (bicyclic) bond motifs is 1. The van der Waals surface area contributed by atoms with Gasteiger partial charge in [0.25, 0.3) is 5.91 Å². The molecule has 0 saturated heterocycles. The Kier molecular flexibility index (Phi) is 5.26. The number of amides is 1. The summed E-state index contributed by atoms with van der Waals surface area (Å²) in [6, 6.07) is 5.36. The van der Waals surface area contributed by atoms with E-state index in [1.165, 1.54) is 4.90 Å². The number of carbonyl (C=O) groups excluding carboxylic acids is 1. The van der Waals surface area contributed by atoms with E-state index in [-0.39, 0.29) is 25.0 Å². The molecule has 124 valence electrons. The number of benzene rings is 1. The lowest BCUT2D eigenvalue weighted by molar-refractivity contribution is -0.143. The van der Waals surface area contributed by atoms with E-state index in [9.17, 15) is 9.59 Å². The minimum Gasteiger partial charge on any atom is -0.497 e. The molecule has 0 fully saturated rings. The Morgan fingerprint density at radius 1 is 1.39 bits per heavy atom.